The molecule has 0 unspecified atom stereocenters. The van der Waals surface area contributed by atoms with Crippen molar-refractivity contribution in [1.29, 1.82) is 0 Å². The summed E-state index contributed by atoms with van der Waals surface area (Å²) in [6, 6.07) is 10.4. The average Bonchev–Trinajstić information content (AvgIpc) is 2.40. The summed E-state index contributed by atoms with van der Waals surface area (Å²) in [7, 11) is 6.48. The Labute approximate surface area is 111 Å². The number of likely N-dealkylation sites (N-methyl/N-ethyl adjacent to an activating group) is 1. The van der Waals surface area contributed by atoms with E-state index in [2.05, 4.69) is 38.4 Å². The van der Waals surface area contributed by atoms with E-state index in [1.54, 1.807) is 21.3 Å². The van der Waals surface area contributed by atoms with E-state index in [1.807, 2.05) is 6.07 Å². The molecule has 0 saturated carbocycles. The van der Waals surface area contributed by atoms with Crippen molar-refractivity contribution in [1.82, 2.24) is 0 Å². The van der Waals surface area contributed by atoms with Gasteiger partial charge in [0.15, 0.2) is 0 Å². The van der Waals surface area contributed by atoms with E-state index in [1.165, 1.54) is 5.56 Å². The fourth-order valence-corrected chi connectivity index (χ4v) is 4.55. The Balaban J connectivity index is 2.74. The van der Waals surface area contributed by atoms with Crippen molar-refractivity contribution < 1.29 is 17.4 Å². The highest BCUT2D eigenvalue weighted by atomic mass is 28.4. The lowest BCUT2D eigenvalue weighted by Crippen LogP contribution is -2.69. The second kappa shape index (κ2) is 6.45. The molecule has 0 saturated heterocycles. The van der Waals surface area contributed by atoms with Crippen LogP contribution in [-0.4, -0.2) is 55.1 Å². The van der Waals surface area contributed by atoms with Crippen LogP contribution in [0.5, 0.6) is 0 Å². The standard InChI is InChI=1S/C13H24NO3Si/c1-14(2,18(15-3,16-4)17-5)12-11-13-9-7-6-8-10-13/h6-10H,11-12H2,1-5H3/q+1. The molecular formula is C13H24NO3Si+. The van der Waals surface area contributed by atoms with Crippen molar-refractivity contribution in [2.24, 2.45) is 0 Å². The van der Waals surface area contributed by atoms with Crippen molar-refractivity contribution in [3.8, 4) is 0 Å². The molecule has 0 heterocycles. The third-order valence-corrected chi connectivity index (χ3v) is 6.57. The molecule has 1 aromatic rings. The molecule has 0 aliphatic rings. The lowest BCUT2D eigenvalue weighted by molar-refractivity contribution is -0.818. The van der Waals surface area contributed by atoms with Crippen LogP contribution in [0.4, 0.5) is 0 Å². The summed E-state index contributed by atoms with van der Waals surface area (Å²) in [6.45, 7) is 0.908. The van der Waals surface area contributed by atoms with E-state index < -0.39 is 8.97 Å². The fourth-order valence-electron chi connectivity index (χ4n) is 2.18. The molecule has 0 bridgehead atoms. The van der Waals surface area contributed by atoms with Crippen molar-refractivity contribution in [3.05, 3.63) is 35.9 Å². The van der Waals surface area contributed by atoms with Gasteiger partial charge in [0.1, 0.15) is 0 Å². The predicted octanol–water partition coefficient (Wildman–Crippen LogP) is 1.68. The molecule has 0 N–H and O–H groups in total. The van der Waals surface area contributed by atoms with Gasteiger partial charge in [-0.25, -0.2) is 0 Å². The maximum Gasteiger partial charge on any atom is 0.783 e. The van der Waals surface area contributed by atoms with Crippen LogP contribution in [0.2, 0.25) is 0 Å². The summed E-state index contributed by atoms with van der Waals surface area (Å²) in [5.74, 6) is 0. The number of benzene rings is 1. The largest absolute Gasteiger partial charge is 0.783 e. The highest BCUT2D eigenvalue weighted by Gasteiger charge is 2.59. The zero-order valence-electron chi connectivity index (χ0n) is 12.0. The van der Waals surface area contributed by atoms with Gasteiger partial charge in [-0.1, -0.05) is 30.3 Å². The first-order valence-electron chi connectivity index (χ1n) is 6.04. The first-order chi connectivity index (χ1) is 8.51. The first kappa shape index (κ1) is 15.3. The van der Waals surface area contributed by atoms with E-state index in [0.29, 0.717) is 4.15 Å². The lowest BCUT2D eigenvalue weighted by atomic mass is 10.1. The first-order valence-corrected chi connectivity index (χ1v) is 7.71. The van der Waals surface area contributed by atoms with Crippen molar-refractivity contribution in [2.45, 2.75) is 6.42 Å². The van der Waals surface area contributed by atoms with Crippen LogP contribution in [-0.2, 0) is 19.7 Å². The summed E-state index contributed by atoms with van der Waals surface area (Å²) < 4.78 is 17.3. The van der Waals surface area contributed by atoms with Crippen molar-refractivity contribution in [3.63, 3.8) is 0 Å². The van der Waals surface area contributed by atoms with Gasteiger partial charge in [0.25, 0.3) is 0 Å². The van der Waals surface area contributed by atoms with Crippen LogP contribution in [0.3, 0.4) is 0 Å². The molecule has 102 valence electrons. The van der Waals surface area contributed by atoms with Crippen LogP contribution in [0, 0.1) is 0 Å². The molecule has 5 heteroatoms. The number of hydrogen-bond acceptors (Lipinski definition) is 3. The predicted molar refractivity (Wildman–Crippen MR) is 73.9 cm³/mol. The Morgan fingerprint density at radius 3 is 1.89 bits per heavy atom. The van der Waals surface area contributed by atoms with Gasteiger partial charge in [0.2, 0.25) is 0 Å². The molecule has 0 aromatic heterocycles. The minimum atomic E-state index is -2.66. The third kappa shape index (κ3) is 3.18. The van der Waals surface area contributed by atoms with Gasteiger partial charge in [0, 0.05) is 27.8 Å². The Bertz CT molecular complexity index is 344. The molecule has 1 rings (SSSR count). The molecule has 18 heavy (non-hydrogen) atoms. The Morgan fingerprint density at radius 2 is 1.44 bits per heavy atom. The van der Waals surface area contributed by atoms with E-state index in [0.717, 1.165) is 13.0 Å². The quantitative estimate of drug-likeness (QED) is 0.706. The van der Waals surface area contributed by atoms with E-state index in [-0.39, 0.29) is 0 Å². The second-order valence-electron chi connectivity index (χ2n) is 4.78. The summed E-state index contributed by atoms with van der Waals surface area (Å²) in [5.41, 5.74) is 1.31. The van der Waals surface area contributed by atoms with Gasteiger partial charge in [-0.15, -0.1) is 0 Å². The molecule has 1 aromatic carbocycles. The molecule has 0 aliphatic heterocycles. The molecule has 4 nitrogen and oxygen atoms in total. The number of hydrogen-bond donors (Lipinski definition) is 0. The summed E-state index contributed by atoms with van der Waals surface area (Å²) in [6.07, 6.45) is 0.971. The maximum absolute atomic E-state index is 5.56. The molecule has 0 radical (unpaired) electrons. The van der Waals surface area contributed by atoms with Crippen LogP contribution in [0.15, 0.2) is 30.3 Å². The lowest BCUT2D eigenvalue weighted by Gasteiger charge is -2.39. The molecule has 0 spiro atoms. The summed E-state index contributed by atoms with van der Waals surface area (Å²) in [5, 5.41) is 0. The van der Waals surface area contributed by atoms with Gasteiger partial charge in [0.05, 0.1) is 20.6 Å². The normalized spacial score (nSPS) is 12.7. The molecule has 0 amide bonds. The minimum Gasteiger partial charge on any atom is -0.328 e. The fraction of sp³-hybridized carbons (Fsp3) is 0.538. The third-order valence-electron chi connectivity index (χ3n) is 3.32. The number of rotatable bonds is 7. The monoisotopic (exact) mass is 270 g/mol. The molecule has 0 atom stereocenters. The highest BCUT2D eigenvalue weighted by molar-refractivity contribution is 6.52. The van der Waals surface area contributed by atoms with Gasteiger partial charge >= 0.3 is 8.97 Å². The molecule has 0 fully saturated rings. The zero-order valence-corrected chi connectivity index (χ0v) is 13.0. The Hall–Kier alpha value is -0.723. The number of quaternary nitrogens is 1. The van der Waals surface area contributed by atoms with E-state index in [4.69, 9.17) is 13.3 Å². The van der Waals surface area contributed by atoms with Crippen LogP contribution < -0.4 is 0 Å². The average molecular weight is 270 g/mol. The van der Waals surface area contributed by atoms with Crippen LogP contribution >= 0.6 is 0 Å². The van der Waals surface area contributed by atoms with Crippen LogP contribution in [0.25, 0.3) is 0 Å². The minimum absolute atomic E-state index is 0.603. The van der Waals surface area contributed by atoms with Crippen molar-refractivity contribution >= 4 is 8.97 Å². The molecule has 0 aliphatic carbocycles. The Kier molecular flexibility index (Phi) is 5.49. The second-order valence-corrected chi connectivity index (χ2v) is 8.26. The smallest absolute Gasteiger partial charge is 0.328 e. The van der Waals surface area contributed by atoms with Gasteiger partial charge < -0.3 is 17.4 Å². The van der Waals surface area contributed by atoms with Gasteiger partial charge in [-0.05, 0) is 5.56 Å². The summed E-state index contributed by atoms with van der Waals surface area (Å²) >= 11 is 0. The van der Waals surface area contributed by atoms with Gasteiger partial charge in [-0.2, -0.15) is 0 Å². The molecular weight excluding hydrogens is 246 g/mol. The van der Waals surface area contributed by atoms with E-state index in [9.17, 15) is 0 Å². The summed E-state index contributed by atoms with van der Waals surface area (Å²) in [4.78, 5) is 0. The van der Waals surface area contributed by atoms with Crippen LogP contribution in [0.1, 0.15) is 5.56 Å². The van der Waals surface area contributed by atoms with Gasteiger partial charge in [-0.3, -0.25) is 0 Å². The zero-order chi connectivity index (χ0) is 13.6. The highest BCUT2D eigenvalue weighted by Crippen LogP contribution is 2.19. The van der Waals surface area contributed by atoms with E-state index >= 15 is 0 Å². The number of nitrogens with zero attached hydrogens (tertiary/aromatic N) is 1. The van der Waals surface area contributed by atoms with Crippen molar-refractivity contribution in [2.75, 3.05) is 42.0 Å². The maximum atomic E-state index is 5.56. The SMILES string of the molecule is CO[Si](OC)(OC)[N+](C)(C)CCc1ccccc1. The Morgan fingerprint density at radius 1 is 0.944 bits per heavy atom. The topological polar surface area (TPSA) is 27.7 Å².